The van der Waals surface area contributed by atoms with Crippen LogP contribution in [0.2, 0.25) is 0 Å². The summed E-state index contributed by atoms with van der Waals surface area (Å²) in [5, 5.41) is 9.04. The Hall–Kier alpha value is -2.84. The van der Waals surface area contributed by atoms with Crippen LogP contribution < -0.4 is 0 Å². The molecule has 0 saturated carbocycles. The monoisotopic (exact) mass is 388 g/mol. The number of carbonyl (C=O) groups excluding carboxylic acids is 1. The molecule has 2 unspecified atom stereocenters. The SMILES string of the molecule is N#CCC1CC2COCC(C1)N2C(=O)OCC1c2ccccc2-c2ccccc21. The van der Waals surface area contributed by atoms with Gasteiger partial charge < -0.3 is 9.47 Å². The molecule has 1 amide bonds. The first-order valence-electron chi connectivity index (χ1n) is 10.3. The van der Waals surface area contributed by atoms with Crippen LogP contribution in [0.1, 0.15) is 36.3 Å². The van der Waals surface area contributed by atoms with Gasteiger partial charge in [0.2, 0.25) is 0 Å². The van der Waals surface area contributed by atoms with Gasteiger partial charge in [0.25, 0.3) is 0 Å². The van der Waals surface area contributed by atoms with E-state index in [-0.39, 0.29) is 24.1 Å². The van der Waals surface area contributed by atoms with Crippen LogP contribution in [0.25, 0.3) is 11.1 Å². The number of morpholine rings is 1. The fourth-order valence-corrected chi connectivity index (χ4v) is 5.29. The molecule has 2 atom stereocenters. The molecular weight excluding hydrogens is 364 g/mol. The fraction of sp³-hybridized carbons (Fsp3) is 0.417. The van der Waals surface area contributed by atoms with Crippen LogP contribution in [0, 0.1) is 17.2 Å². The van der Waals surface area contributed by atoms with Crippen LogP contribution in [-0.4, -0.2) is 42.9 Å². The van der Waals surface area contributed by atoms with Gasteiger partial charge in [-0.2, -0.15) is 5.26 Å². The largest absolute Gasteiger partial charge is 0.448 e. The smallest absolute Gasteiger partial charge is 0.410 e. The van der Waals surface area contributed by atoms with Crippen molar-refractivity contribution in [1.82, 2.24) is 4.90 Å². The normalized spacial score (nSPS) is 25.1. The zero-order valence-corrected chi connectivity index (χ0v) is 16.3. The number of hydrogen-bond acceptors (Lipinski definition) is 4. The molecule has 2 heterocycles. The number of ether oxygens (including phenoxy) is 2. The van der Waals surface area contributed by atoms with E-state index in [1.807, 2.05) is 17.0 Å². The third-order valence-corrected chi connectivity index (χ3v) is 6.54. The lowest BCUT2D eigenvalue weighted by atomic mass is 9.84. The number of fused-ring (bicyclic) bond motifs is 5. The molecule has 5 rings (SSSR count). The molecule has 0 N–H and O–H groups in total. The molecular formula is C24H24N2O3. The van der Waals surface area contributed by atoms with Crippen molar-refractivity contribution in [2.75, 3.05) is 19.8 Å². The second-order valence-electron chi connectivity index (χ2n) is 8.26. The average Bonchev–Trinajstić information content (AvgIpc) is 3.05. The molecule has 29 heavy (non-hydrogen) atoms. The second-order valence-corrected chi connectivity index (χ2v) is 8.26. The Morgan fingerprint density at radius 1 is 1.03 bits per heavy atom. The van der Waals surface area contributed by atoms with Crippen molar-refractivity contribution < 1.29 is 14.3 Å². The maximum absolute atomic E-state index is 13.0. The summed E-state index contributed by atoms with van der Waals surface area (Å²) in [6.45, 7) is 1.40. The summed E-state index contributed by atoms with van der Waals surface area (Å²) >= 11 is 0. The number of nitriles is 1. The molecule has 2 aromatic carbocycles. The van der Waals surface area contributed by atoms with Crippen LogP contribution in [0.15, 0.2) is 48.5 Å². The molecule has 2 aliphatic heterocycles. The van der Waals surface area contributed by atoms with Crippen molar-refractivity contribution in [1.29, 1.82) is 5.26 Å². The molecule has 2 fully saturated rings. The van der Waals surface area contributed by atoms with E-state index in [2.05, 4.69) is 42.5 Å². The zero-order valence-electron chi connectivity index (χ0n) is 16.3. The number of nitrogens with zero attached hydrogens (tertiary/aromatic N) is 2. The van der Waals surface area contributed by atoms with Crippen molar-refractivity contribution in [3.8, 4) is 17.2 Å². The molecule has 0 spiro atoms. The third kappa shape index (κ3) is 3.18. The molecule has 0 aromatic heterocycles. The Morgan fingerprint density at radius 3 is 2.21 bits per heavy atom. The molecule has 0 radical (unpaired) electrons. The van der Waals surface area contributed by atoms with E-state index >= 15 is 0 Å². The molecule has 1 aliphatic carbocycles. The van der Waals surface area contributed by atoms with Crippen LogP contribution in [0.5, 0.6) is 0 Å². The van der Waals surface area contributed by atoms with Gasteiger partial charge in [-0.1, -0.05) is 48.5 Å². The van der Waals surface area contributed by atoms with Crippen molar-refractivity contribution in [3.63, 3.8) is 0 Å². The number of rotatable bonds is 3. The Morgan fingerprint density at radius 2 is 1.62 bits per heavy atom. The number of benzene rings is 2. The minimum atomic E-state index is -0.249. The van der Waals surface area contributed by atoms with Gasteiger partial charge in [0.15, 0.2) is 0 Å². The molecule has 3 aliphatic rings. The number of carbonyl (C=O) groups is 1. The van der Waals surface area contributed by atoms with Crippen LogP contribution in [0.4, 0.5) is 4.79 Å². The van der Waals surface area contributed by atoms with Crippen LogP contribution in [-0.2, 0) is 9.47 Å². The highest BCUT2D eigenvalue weighted by Gasteiger charge is 2.42. The molecule has 148 valence electrons. The van der Waals surface area contributed by atoms with Gasteiger partial charge in [0.05, 0.1) is 31.4 Å². The van der Waals surface area contributed by atoms with E-state index in [4.69, 9.17) is 14.7 Å². The Bertz CT molecular complexity index is 907. The average molecular weight is 388 g/mol. The van der Waals surface area contributed by atoms with Crippen molar-refractivity contribution in [2.24, 2.45) is 5.92 Å². The Kier molecular flexibility index (Phi) is 4.73. The van der Waals surface area contributed by atoms with E-state index in [1.165, 1.54) is 22.3 Å². The number of amides is 1. The third-order valence-electron chi connectivity index (χ3n) is 6.54. The molecule has 5 heteroatoms. The maximum Gasteiger partial charge on any atom is 0.410 e. The molecule has 2 bridgehead atoms. The minimum absolute atomic E-state index is 0.0106. The van der Waals surface area contributed by atoms with Gasteiger partial charge in [0.1, 0.15) is 6.61 Å². The lowest BCUT2D eigenvalue weighted by Crippen LogP contribution is -2.59. The minimum Gasteiger partial charge on any atom is -0.448 e. The summed E-state index contributed by atoms with van der Waals surface area (Å²) in [5.41, 5.74) is 4.90. The van der Waals surface area contributed by atoms with Crippen molar-refractivity contribution in [2.45, 2.75) is 37.3 Å². The van der Waals surface area contributed by atoms with Gasteiger partial charge in [-0.25, -0.2) is 4.79 Å². The summed E-state index contributed by atoms with van der Waals surface area (Å²) in [7, 11) is 0. The lowest BCUT2D eigenvalue weighted by Gasteiger charge is -2.47. The lowest BCUT2D eigenvalue weighted by molar-refractivity contribution is -0.0781. The first-order valence-corrected chi connectivity index (χ1v) is 10.3. The molecule has 2 saturated heterocycles. The Balaban J connectivity index is 1.32. The predicted octanol–water partition coefficient (Wildman–Crippen LogP) is 4.33. The van der Waals surface area contributed by atoms with Gasteiger partial charge in [0, 0.05) is 12.3 Å². The standard InChI is InChI=1S/C24H24N2O3/c25-10-9-16-11-17-13-28-14-18(12-16)26(17)24(27)29-15-23-21-7-3-1-5-19(21)20-6-2-4-8-22(20)23/h1-8,16-18,23H,9,11-15H2. The summed E-state index contributed by atoms with van der Waals surface area (Å²) < 4.78 is 11.6. The summed E-state index contributed by atoms with van der Waals surface area (Å²) in [4.78, 5) is 14.9. The van der Waals surface area contributed by atoms with E-state index < -0.39 is 0 Å². The number of hydrogen-bond donors (Lipinski definition) is 0. The van der Waals surface area contributed by atoms with Gasteiger partial charge >= 0.3 is 6.09 Å². The van der Waals surface area contributed by atoms with Gasteiger partial charge in [-0.3, -0.25) is 4.90 Å². The topological polar surface area (TPSA) is 62.6 Å². The van der Waals surface area contributed by atoms with Crippen molar-refractivity contribution >= 4 is 6.09 Å². The highest BCUT2D eigenvalue weighted by molar-refractivity contribution is 5.79. The first-order chi connectivity index (χ1) is 14.3. The highest BCUT2D eigenvalue weighted by Crippen LogP contribution is 2.44. The summed E-state index contributed by atoms with van der Waals surface area (Å²) in [6.07, 6.45) is 1.93. The van der Waals surface area contributed by atoms with E-state index in [1.54, 1.807) is 0 Å². The van der Waals surface area contributed by atoms with Gasteiger partial charge in [-0.05, 0) is 41.0 Å². The molecule has 5 nitrogen and oxygen atoms in total. The summed E-state index contributed by atoms with van der Waals surface area (Å²) in [5.74, 6) is 0.412. The second kappa shape index (κ2) is 7.53. The van der Waals surface area contributed by atoms with E-state index in [0.717, 1.165) is 12.8 Å². The number of piperidine rings is 1. The molecule has 2 aromatic rings. The first kappa shape index (κ1) is 18.2. The van der Waals surface area contributed by atoms with E-state index in [9.17, 15) is 4.79 Å². The van der Waals surface area contributed by atoms with Crippen LogP contribution in [0.3, 0.4) is 0 Å². The predicted molar refractivity (Wildman–Crippen MR) is 108 cm³/mol. The Labute approximate surface area is 170 Å². The zero-order chi connectivity index (χ0) is 19.8. The highest BCUT2D eigenvalue weighted by atomic mass is 16.6. The summed E-state index contributed by atoms with van der Waals surface area (Å²) in [6, 6.07) is 19.0. The quantitative estimate of drug-likeness (QED) is 0.785. The van der Waals surface area contributed by atoms with E-state index in [0.29, 0.717) is 32.2 Å². The van der Waals surface area contributed by atoms with Gasteiger partial charge in [-0.15, -0.1) is 0 Å². The fourth-order valence-electron chi connectivity index (χ4n) is 5.29. The van der Waals surface area contributed by atoms with Crippen molar-refractivity contribution in [3.05, 3.63) is 59.7 Å². The van der Waals surface area contributed by atoms with Crippen LogP contribution >= 0.6 is 0 Å². The maximum atomic E-state index is 13.0.